The Hall–Kier alpha value is -2.39. The first kappa shape index (κ1) is 25.3. The van der Waals surface area contributed by atoms with Gasteiger partial charge in [0.05, 0.1) is 42.7 Å². The van der Waals surface area contributed by atoms with E-state index in [1.54, 1.807) is 37.7 Å². The van der Waals surface area contributed by atoms with Crippen molar-refractivity contribution in [2.75, 3.05) is 20.5 Å². The summed E-state index contributed by atoms with van der Waals surface area (Å²) in [4.78, 5) is 32.0. The predicted octanol–water partition coefficient (Wildman–Crippen LogP) is 3.74. The second-order valence-corrected chi connectivity index (χ2v) is 11.3. The molecule has 5 rings (SSSR count). The van der Waals surface area contributed by atoms with Gasteiger partial charge in [0.15, 0.2) is 16.3 Å². The quantitative estimate of drug-likeness (QED) is 0.294. The Kier molecular flexibility index (Phi) is 7.14. The summed E-state index contributed by atoms with van der Waals surface area (Å²) in [6.45, 7) is 3.84. The molecule has 0 fully saturated rings. The number of ether oxygens (including phenoxy) is 4. The van der Waals surface area contributed by atoms with E-state index in [4.69, 9.17) is 18.9 Å². The molecule has 1 atom stereocenters. The van der Waals surface area contributed by atoms with Crippen LogP contribution in [-0.4, -0.2) is 31.0 Å². The molecule has 8 nitrogen and oxygen atoms in total. The molecule has 0 radical (unpaired) electrons. The van der Waals surface area contributed by atoms with E-state index < -0.39 is 12.0 Å². The number of fused-ring (bicyclic) bond motifs is 2. The highest BCUT2D eigenvalue weighted by Gasteiger charge is 2.34. The molecule has 11 heteroatoms. The summed E-state index contributed by atoms with van der Waals surface area (Å²) < 4.78 is 25.8. The summed E-state index contributed by atoms with van der Waals surface area (Å²) in [5, 5.41) is 0. The van der Waals surface area contributed by atoms with E-state index in [0.29, 0.717) is 37.7 Å². The maximum atomic E-state index is 13.8. The van der Waals surface area contributed by atoms with E-state index in [1.807, 2.05) is 24.3 Å². The summed E-state index contributed by atoms with van der Waals surface area (Å²) in [7, 11) is 1.64. The Morgan fingerprint density at radius 2 is 1.94 bits per heavy atom. The van der Waals surface area contributed by atoms with Crippen LogP contribution in [0.3, 0.4) is 0 Å². The average Bonchev–Trinajstić information content (AvgIpc) is 3.42. The smallest absolute Gasteiger partial charge is 0.338 e. The Labute approximate surface area is 237 Å². The van der Waals surface area contributed by atoms with Gasteiger partial charge in [-0.3, -0.25) is 9.36 Å². The fourth-order valence-corrected chi connectivity index (χ4v) is 7.50. The van der Waals surface area contributed by atoms with Gasteiger partial charge >= 0.3 is 5.97 Å². The highest BCUT2D eigenvalue weighted by Crippen LogP contribution is 2.38. The van der Waals surface area contributed by atoms with Crippen molar-refractivity contribution in [1.29, 1.82) is 0 Å². The molecule has 2 aliphatic heterocycles. The number of hydrogen-bond acceptors (Lipinski definition) is 8. The maximum Gasteiger partial charge on any atom is 0.338 e. The molecule has 0 aliphatic carbocycles. The molecule has 1 aromatic heterocycles. The van der Waals surface area contributed by atoms with E-state index in [-0.39, 0.29) is 19.0 Å². The van der Waals surface area contributed by atoms with Crippen LogP contribution in [0.5, 0.6) is 17.2 Å². The molecular weight excluding hydrogens is 710 g/mol. The molecule has 0 N–H and O–H groups in total. The minimum Gasteiger partial charge on any atom is -0.495 e. The number of carbonyl (C=O) groups excluding carboxylic acids is 1. The second kappa shape index (κ2) is 10.2. The average molecular weight is 730 g/mol. The minimum atomic E-state index is -0.715. The predicted molar refractivity (Wildman–Crippen MR) is 151 cm³/mol. The van der Waals surface area contributed by atoms with Crippen LogP contribution >= 0.6 is 56.5 Å². The van der Waals surface area contributed by atoms with Crippen LogP contribution in [-0.2, 0) is 9.53 Å². The number of allylic oxidation sites excluding steroid dienone is 1. The number of aromatic nitrogens is 1. The van der Waals surface area contributed by atoms with Gasteiger partial charge in [0, 0.05) is 0 Å². The molecule has 0 saturated heterocycles. The van der Waals surface area contributed by atoms with Crippen molar-refractivity contribution >= 4 is 68.6 Å². The van der Waals surface area contributed by atoms with Crippen molar-refractivity contribution in [1.82, 2.24) is 4.57 Å². The third kappa shape index (κ3) is 4.45. The third-order valence-corrected chi connectivity index (χ3v) is 8.34. The topological polar surface area (TPSA) is 88.4 Å². The van der Waals surface area contributed by atoms with Crippen molar-refractivity contribution in [2.24, 2.45) is 4.99 Å². The number of nitrogens with zero attached hydrogens (tertiary/aromatic N) is 2. The Bertz CT molecular complexity index is 1580. The third-order valence-electron chi connectivity index (χ3n) is 5.75. The number of esters is 1. The summed E-state index contributed by atoms with van der Waals surface area (Å²) in [6, 6.07) is 8.63. The molecule has 3 aromatic rings. The molecule has 1 unspecified atom stereocenters. The van der Waals surface area contributed by atoms with Crippen LogP contribution < -0.4 is 29.1 Å². The van der Waals surface area contributed by atoms with Gasteiger partial charge in [0.2, 0.25) is 6.79 Å². The van der Waals surface area contributed by atoms with Crippen molar-refractivity contribution in [3.05, 3.63) is 79.6 Å². The van der Waals surface area contributed by atoms with Gasteiger partial charge in [-0.1, -0.05) is 17.4 Å². The van der Waals surface area contributed by atoms with Crippen LogP contribution in [0.15, 0.2) is 51.4 Å². The van der Waals surface area contributed by atoms with Crippen molar-refractivity contribution in [3.63, 3.8) is 0 Å². The summed E-state index contributed by atoms with van der Waals surface area (Å²) in [5.41, 5.74) is 2.17. The highest BCUT2D eigenvalue weighted by atomic mass is 127. The molecule has 0 spiro atoms. The number of methoxy groups -OCH3 is 1. The van der Waals surface area contributed by atoms with Gasteiger partial charge < -0.3 is 18.9 Å². The van der Waals surface area contributed by atoms with Gasteiger partial charge in [-0.25, -0.2) is 9.79 Å². The van der Waals surface area contributed by atoms with Crippen LogP contribution in [0.2, 0.25) is 0 Å². The Balaban J connectivity index is 1.71. The van der Waals surface area contributed by atoms with Gasteiger partial charge in [0.25, 0.3) is 5.56 Å². The van der Waals surface area contributed by atoms with Crippen LogP contribution in [0.1, 0.15) is 31.0 Å². The first-order valence-corrected chi connectivity index (χ1v) is 13.9. The van der Waals surface area contributed by atoms with Crippen molar-refractivity contribution in [3.8, 4) is 17.2 Å². The van der Waals surface area contributed by atoms with Gasteiger partial charge in [-0.05, 0) is 100 Å². The second-order valence-electron chi connectivity index (χ2n) is 7.93. The number of thiazole rings is 1. The van der Waals surface area contributed by atoms with Gasteiger partial charge in [-0.15, -0.1) is 0 Å². The Morgan fingerprint density at radius 3 is 2.64 bits per heavy atom. The molecule has 2 aromatic carbocycles. The minimum absolute atomic E-state index is 0.126. The molecule has 0 amide bonds. The van der Waals surface area contributed by atoms with E-state index >= 15 is 0 Å². The van der Waals surface area contributed by atoms with Crippen LogP contribution in [0, 0.1) is 7.14 Å². The molecule has 3 heterocycles. The number of hydrogen-bond donors (Lipinski definition) is 0. The normalized spacial score (nSPS) is 16.6. The molecule has 0 saturated carbocycles. The van der Waals surface area contributed by atoms with Crippen molar-refractivity contribution in [2.45, 2.75) is 19.9 Å². The van der Waals surface area contributed by atoms with Crippen molar-refractivity contribution < 1.29 is 23.7 Å². The molecule has 0 bridgehead atoms. The number of benzene rings is 2. The summed E-state index contributed by atoms with van der Waals surface area (Å²) in [5.74, 6) is 1.48. The van der Waals surface area contributed by atoms with Crippen LogP contribution in [0.4, 0.5) is 0 Å². The monoisotopic (exact) mass is 730 g/mol. The number of carbonyl (C=O) groups is 1. The van der Waals surface area contributed by atoms with E-state index in [1.165, 1.54) is 11.3 Å². The van der Waals surface area contributed by atoms with E-state index in [9.17, 15) is 9.59 Å². The molecular formula is C25H20I2N2O6S. The summed E-state index contributed by atoms with van der Waals surface area (Å²) in [6.07, 6.45) is 1.84. The van der Waals surface area contributed by atoms with E-state index in [0.717, 1.165) is 18.5 Å². The standard InChI is InChI=1S/C25H20I2N2O6S/c1-4-33-24(31)20-12(2)28-25-29(21(20)14-5-6-17-18(10-14)35-11-34-17)23(30)19(36-25)9-13-7-15(26)22(32-3)16(27)8-13/h5-10,21H,4,11H2,1-3H3/b19-9-. The first-order chi connectivity index (χ1) is 17.3. The van der Waals surface area contributed by atoms with Crippen LogP contribution in [0.25, 0.3) is 6.08 Å². The number of rotatable bonds is 5. The number of halogens is 2. The SMILES string of the molecule is CCOC(=O)C1=C(C)N=c2s/c(=C\c3cc(I)c(OC)c(I)c3)c(=O)n2C1c1ccc2c(c1)OCO2. The molecule has 186 valence electrons. The van der Waals surface area contributed by atoms with Gasteiger partial charge in [0.1, 0.15) is 5.75 Å². The fourth-order valence-electron chi connectivity index (χ4n) is 4.20. The lowest BCUT2D eigenvalue weighted by atomic mass is 9.95. The zero-order chi connectivity index (χ0) is 25.6. The summed E-state index contributed by atoms with van der Waals surface area (Å²) >= 11 is 5.72. The lowest BCUT2D eigenvalue weighted by Gasteiger charge is -2.24. The molecule has 2 aliphatic rings. The largest absolute Gasteiger partial charge is 0.495 e. The Morgan fingerprint density at radius 1 is 1.22 bits per heavy atom. The lowest BCUT2D eigenvalue weighted by molar-refractivity contribution is -0.139. The van der Waals surface area contributed by atoms with Gasteiger partial charge in [-0.2, -0.15) is 0 Å². The maximum absolute atomic E-state index is 13.8. The zero-order valence-corrected chi connectivity index (χ0v) is 24.6. The molecule has 36 heavy (non-hydrogen) atoms. The first-order valence-electron chi connectivity index (χ1n) is 10.9. The van der Waals surface area contributed by atoms with E-state index in [2.05, 4.69) is 50.2 Å². The lowest BCUT2D eigenvalue weighted by Crippen LogP contribution is -2.39. The zero-order valence-electron chi connectivity index (χ0n) is 19.5. The highest BCUT2D eigenvalue weighted by molar-refractivity contribution is 14.1. The fraction of sp³-hybridized carbons (Fsp3) is 0.240.